The molecule has 0 saturated carbocycles. The van der Waals surface area contributed by atoms with Crippen LogP contribution in [0.4, 0.5) is 0 Å². The van der Waals surface area contributed by atoms with Crippen molar-refractivity contribution in [3.8, 4) is 16.9 Å². The third-order valence-corrected chi connectivity index (χ3v) is 4.45. The summed E-state index contributed by atoms with van der Waals surface area (Å²) in [5, 5.41) is 0. The molecule has 0 aromatic heterocycles. The maximum atomic E-state index is 12.4. The first-order valence-corrected chi connectivity index (χ1v) is 7.26. The van der Waals surface area contributed by atoms with Crippen LogP contribution in [-0.4, -0.2) is 20.2 Å². The molecule has 0 heterocycles. The molecule has 0 radical (unpaired) electrons. The molecule has 0 aliphatic heterocycles. The normalized spacial score (nSPS) is 10.5. The van der Waals surface area contributed by atoms with E-state index >= 15 is 0 Å². The van der Waals surface area contributed by atoms with E-state index in [0.717, 1.165) is 33.6 Å². The number of esters is 1. The van der Waals surface area contributed by atoms with Gasteiger partial charge in [-0.1, -0.05) is 18.2 Å². The molecule has 2 aromatic carbocycles. The SMILES string of the molecule is COC(=O)c1c(C)c(C)c(C)c(C)c1-c1ccccc1OC. The van der Waals surface area contributed by atoms with Gasteiger partial charge in [0.25, 0.3) is 0 Å². The number of carbonyl (C=O) groups is 1. The molecule has 116 valence electrons. The number of para-hydroxylation sites is 1. The van der Waals surface area contributed by atoms with Crippen molar-refractivity contribution in [1.82, 2.24) is 0 Å². The van der Waals surface area contributed by atoms with Gasteiger partial charge in [-0.3, -0.25) is 0 Å². The van der Waals surface area contributed by atoms with Crippen LogP contribution < -0.4 is 4.74 Å². The Balaban J connectivity index is 2.93. The van der Waals surface area contributed by atoms with Gasteiger partial charge in [-0.2, -0.15) is 0 Å². The number of methoxy groups -OCH3 is 2. The predicted molar refractivity (Wildman–Crippen MR) is 88.7 cm³/mol. The van der Waals surface area contributed by atoms with Gasteiger partial charge in [-0.15, -0.1) is 0 Å². The fourth-order valence-corrected chi connectivity index (χ4v) is 2.86. The van der Waals surface area contributed by atoms with Crippen LogP contribution in [0.15, 0.2) is 24.3 Å². The zero-order valence-electron chi connectivity index (χ0n) is 14.0. The summed E-state index contributed by atoms with van der Waals surface area (Å²) < 4.78 is 10.5. The number of hydrogen-bond acceptors (Lipinski definition) is 3. The minimum Gasteiger partial charge on any atom is -0.496 e. The average molecular weight is 298 g/mol. The van der Waals surface area contributed by atoms with Crippen LogP contribution >= 0.6 is 0 Å². The molecule has 0 fully saturated rings. The van der Waals surface area contributed by atoms with Crippen LogP contribution in [0.1, 0.15) is 32.6 Å². The lowest BCUT2D eigenvalue weighted by atomic mass is 9.85. The number of rotatable bonds is 3. The summed E-state index contributed by atoms with van der Waals surface area (Å²) in [6, 6.07) is 7.74. The highest BCUT2D eigenvalue weighted by Gasteiger charge is 2.23. The number of carbonyl (C=O) groups excluding carboxylic acids is 1. The highest BCUT2D eigenvalue weighted by atomic mass is 16.5. The molecule has 0 amide bonds. The highest BCUT2D eigenvalue weighted by Crippen LogP contribution is 2.39. The van der Waals surface area contributed by atoms with Gasteiger partial charge in [-0.05, 0) is 56.0 Å². The molecule has 2 aromatic rings. The van der Waals surface area contributed by atoms with Crippen molar-refractivity contribution in [2.45, 2.75) is 27.7 Å². The fourth-order valence-electron chi connectivity index (χ4n) is 2.86. The Morgan fingerprint density at radius 2 is 1.45 bits per heavy atom. The van der Waals surface area contributed by atoms with Crippen molar-refractivity contribution in [1.29, 1.82) is 0 Å². The van der Waals surface area contributed by atoms with E-state index in [2.05, 4.69) is 6.92 Å². The molecule has 0 atom stereocenters. The second kappa shape index (κ2) is 6.22. The summed E-state index contributed by atoms with van der Waals surface area (Å²) in [5.41, 5.74) is 6.76. The molecule has 0 unspecified atom stereocenters. The minimum atomic E-state index is -0.315. The Hall–Kier alpha value is -2.29. The van der Waals surface area contributed by atoms with Gasteiger partial charge in [-0.25, -0.2) is 4.79 Å². The topological polar surface area (TPSA) is 35.5 Å². The quantitative estimate of drug-likeness (QED) is 0.789. The van der Waals surface area contributed by atoms with Crippen LogP contribution in [0.2, 0.25) is 0 Å². The molecule has 22 heavy (non-hydrogen) atoms. The van der Waals surface area contributed by atoms with Crippen LogP contribution in [0, 0.1) is 27.7 Å². The molecular formula is C19H22O3. The van der Waals surface area contributed by atoms with E-state index in [0.29, 0.717) is 5.56 Å². The van der Waals surface area contributed by atoms with Gasteiger partial charge in [0, 0.05) is 11.1 Å². The first kappa shape index (κ1) is 16.1. The third-order valence-electron chi connectivity index (χ3n) is 4.45. The Labute approximate surface area is 131 Å². The first-order valence-electron chi connectivity index (χ1n) is 7.26. The van der Waals surface area contributed by atoms with E-state index in [-0.39, 0.29) is 5.97 Å². The maximum Gasteiger partial charge on any atom is 0.338 e. The lowest BCUT2D eigenvalue weighted by Gasteiger charge is -2.21. The molecule has 0 aliphatic carbocycles. The average Bonchev–Trinajstić information content (AvgIpc) is 2.55. The summed E-state index contributed by atoms with van der Waals surface area (Å²) in [7, 11) is 3.05. The van der Waals surface area contributed by atoms with Gasteiger partial charge >= 0.3 is 5.97 Å². The van der Waals surface area contributed by atoms with Gasteiger partial charge in [0.15, 0.2) is 0 Å². The summed E-state index contributed by atoms with van der Waals surface area (Å²) in [4.78, 5) is 12.4. The standard InChI is InChI=1S/C19H22O3/c1-11-12(2)14(4)18(19(20)22-6)17(13(11)3)15-9-7-8-10-16(15)21-5/h7-10H,1-6H3. The fraction of sp³-hybridized carbons (Fsp3) is 0.316. The summed E-state index contributed by atoms with van der Waals surface area (Å²) in [6.07, 6.45) is 0. The van der Waals surface area contributed by atoms with Gasteiger partial charge in [0.2, 0.25) is 0 Å². The summed E-state index contributed by atoms with van der Waals surface area (Å²) >= 11 is 0. The maximum absolute atomic E-state index is 12.4. The second-order valence-corrected chi connectivity index (χ2v) is 5.44. The van der Waals surface area contributed by atoms with E-state index in [1.165, 1.54) is 12.7 Å². The number of hydrogen-bond donors (Lipinski definition) is 0. The Morgan fingerprint density at radius 1 is 0.864 bits per heavy atom. The highest BCUT2D eigenvalue weighted by molar-refractivity contribution is 6.01. The monoisotopic (exact) mass is 298 g/mol. The minimum absolute atomic E-state index is 0.315. The number of ether oxygens (including phenoxy) is 2. The van der Waals surface area contributed by atoms with Crippen molar-refractivity contribution >= 4 is 5.97 Å². The largest absolute Gasteiger partial charge is 0.496 e. The third kappa shape index (κ3) is 2.47. The molecule has 0 aliphatic rings. The lowest BCUT2D eigenvalue weighted by Crippen LogP contribution is -2.11. The van der Waals surface area contributed by atoms with Crippen molar-refractivity contribution in [3.63, 3.8) is 0 Å². The first-order chi connectivity index (χ1) is 10.4. The number of benzene rings is 2. The molecule has 0 N–H and O–H groups in total. The van der Waals surface area contributed by atoms with Crippen LogP contribution in [0.25, 0.3) is 11.1 Å². The van der Waals surface area contributed by atoms with E-state index in [9.17, 15) is 4.79 Å². The summed E-state index contributed by atoms with van der Waals surface area (Å²) in [6.45, 7) is 8.12. The Kier molecular flexibility index (Phi) is 4.55. The molecule has 3 heteroatoms. The van der Waals surface area contributed by atoms with Crippen LogP contribution in [0.3, 0.4) is 0 Å². The summed E-state index contributed by atoms with van der Waals surface area (Å²) in [5.74, 6) is 0.433. The van der Waals surface area contributed by atoms with Gasteiger partial charge < -0.3 is 9.47 Å². The molecule has 2 rings (SSSR count). The predicted octanol–water partition coefficient (Wildman–Crippen LogP) is 4.38. The van der Waals surface area contributed by atoms with E-state index in [4.69, 9.17) is 9.47 Å². The van der Waals surface area contributed by atoms with Crippen molar-refractivity contribution in [2.75, 3.05) is 14.2 Å². The smallest absolute Gasteiger partial charge is 0.338 e. The van der Waals surface area contributed by atoms with E-state index in [1.54, 1.807) is 7.11 Å². The van der Waals surface area contributed by atoms with Crippen molar-refractivity contribution in [3.05, 3.63) is 52.1 Å². The van der Waals surface area contributed by atoms with Gasteiger partial charge in [0.1, 0.15) is 5.75 Å². The van der Waals surface area contributed by atoms with E-state index < -0.39 is 0 Å². The Bertz CT molecular complexity index is 730. The van der Waals surface area contributed by atoms with Crippen molar-refractivity contribution < 1.29 is 14.3 Å². The molecule has 0 spiro atoms. The lowest BCUT2D eigenvalue weighted by molar-refractivity contribution is 0.0600. The molecular weight excluding hydrogens is 276 g/mol. The molecule has 3 nitrogen and oxygen atoms in total. The second-order valence-electron chi connectivity index (χ2n) is 5.44. The van der Waals surface area contributed by atoms with Crippen LogP contribution in [-0.2, 0) is 4.74 Å². The molecule has 0 bridgehead atoms. The van der Waals surface area contributed by atoms with Gasteiger partial charge in [0.05, 0.1) is 19.8 Å². The van der Waals surface area contributed by atoms with Crippen LogP contribution in [0.5, 0.6) is 5.75 Å². The van der Waals surface area contributed by atoms with E-state index in [1.807, 2.05) is 45.0 Å². The van der Waals surface area contributed by atoms with Crippen molar-refractivity contribution in [2.24, 2.45) is 0 Å². The Morgan fingerprint density at radius 3 is 2.05 bits per heavy atom. The zero-order chi connectivity index (χ0) is 16.4. The molecule has 0 saturated heterocycles. The zero-order valence-corrected chi connectivity index (χ0v) is 14.0.